The Kier molecular flexibility index (Phi) is 24.1. The number of aliphatic hydroxyl groups is 2. The van der Waals surface area contributed by atoms with Crippen molar-refractivity contribution in [3.63, 3.8) is 0 Å². The molecule has 0 radical (unpaired) electrons. The van der Waals surface area contributed by atoms with Gasteiger partial charge < -0.3 is 29.5 Å². The fraction of sp³-hybridized carbons (Fsp3) is 0.933. The number of ether oxygens (including phenoxy) is 3. The molecule has 7 heteroatoms. The molecule has 0 aromatic heterocycles. The number of unbranched alkanes of at least 4 members (excludes halogenated alkanes) is 3. The lowest BCUT2D eigenvalue weighted by atomic mass is 10.2. The largest absolute Gasteiger partial charge is 0.481 e. The second kappa shape index (κ2) is 22.5. The first-order chi connectivity index (χ1) is 10.7. The van der Waals surface area contributed by atoms with Crippen LogP contribution in [0.2, 0.25) is 0 Å². The maximum Gasteiger partial charge on any atom is 0.303 e. The van der Waals surface area contributed by atoms with Crippen LogP contribution in [0, 0.1) is 0 Å². The lowest BCUT2D eigenvalue weighted by Crippen LogP contribution is -2.11. The van der Waals surface area contributed by atoms with Crippen molar-refractivity contribution in [1.29, 1.82) is 0 Å². The molecule has 0 spiro atoms. The number of aliphatic hydroxyl groups excluding tert-OH is 2. The van der Waals surface area contributed by atoms with E-state index < -0.39 is 5.97 Å². The van der Waals surface area contributed by atoms with Gasteiger partial charge in [0.2, 0.25) is 0 Å². The Morgan fingerprint density at radius 1 is 0.773 bits per heavy atom. The summed E-state index contributed by atoms with van der Waals surface area (Å²) in [5, 5.41) is 24.9. The van der Waals surface area contributed by atoms with Crippen molar-refractivity contribution in [2.75, 3.05) is 52.9 Å². The maximum atomic E-state index is 9.96. The van der Waals surface area contributed by atoms with Gasteiger partial charge >= 0.3 is 5.97 Å². The molecule has 0 aromatic rings. The zero-order valence-corrected chi connectivity index (χ0v) is 13.7. The smallest absolute Gasteiger partial charge is 0.303 e. The molecule has 0 aliphatic rings. The summed E-state index contributed by atoms with van der Waals surface area (Å²) < 4.78 is 15.0. The summed E-state index contributed by atoms with van der Waals surface area (Å²) in [7, 11) is 0. The van der Waals surface area contributed by atoms with Crippen LogP contribution in [0.3, 0.4) is 0 Å². The monoisotopic (exact) mass is 324 g/mol. The molecule has 0 aliphatic carbocycles. The predicted molar refractivity (Wildman–Crippen MR) is 83.0 cm³/mol. The van der Waals surface area contributed by atoms with E-state index in [0.29, 0.717) is 46.1 Å². The summed E-state index contributed by atoms with van der Waals surface area (Å²) in [6.07, 6.45) is 4.55. The molecule has 0 unspecified atom stereocenters. The van der Waals surface area contributed by atoms with Crippen LogP contribution in [0.15, 0.2) is 0 Å². The Morgan fingerprint density at radius 2 is 1.23 bits per heavy atom. The molecule has 0 aromatic carbocycles. The molecule has 0 fully saturated rings. The third-order valence-electron chi connectivity index (χ3n) is 2.46. The minimum atomic E-state index is -0.675. The van der Waals surface area contributed by atoms with Gasteiger partial charge in [0.05, 0.1) is 52.9 Å². The lowest BCUT2D eigenvalue weighted by molar-refractivity contribution is -0.137. The average Bonchev–Trinajstić information content (AvgIpc) is 2.50. The van der Waals surface area contributed by atoms with E-state index in [1.807, 2.05) is 0 Å². The molecule has 3 N–H and O–H groups in total. The number of aliphatic carboxylic acids is 1. The molecule has 0 bridgehead atoms. The van der Waals surface area contributed by atoms with Crippen LogP contribution in [0.4, 0.5) is 0 Å². The first-order valence-electron chi connectivity index (χ1n) is 7.85. The summed E-state index contributed by atoms with van der Waals surface area (Å²) in [4.78, 5) is 9.96. The average molecular weight is 324 g/mol. The Bertz CT molecular complexity index is 202. The highest BCUT2D eigenvalue weighted by Gasteiger charge is 1.94. The van der Waals surface area contributed by atoms with E-state index in [-0.39, 0.29) is 13.2 Å². The minimum absolute atomic E-state index is 0.0413. The molecule has 0 heterocycles. The summed E-state index contributed by atoms with van der Waals surface area (Å²) in [6, 6.07) is 0. The first kappa shape index (κ1) is 23.5. The van der Waals surface area contributed by atoms with Gasteiger partial charge in [-0.15, -0.1) is 0 Å². The molecule has 134 valence electrons. The van der Waals surface area contributed by atoms with E-state index in [1.165, 1.54) is 6.42 Å². The van der Waals surface area contributed by atoms with Gasteiger partial charge in [-0.1, -0.05) is 26.2 Å². The van der Waals surface area contributed by atoms with Gasteiger partial charge in [-0.2, -0.15) is 0 Å². The number of hydrogen-bond donors (Lipinski definition) is 3. The summed E-state index contributed by atoms with van der Waals surface area (Å²) in [6.45, 7) is 4.88. The van der Waals surface area contributed by atoms with Gasteiger partial charge in [0, 0.05) is 6.42 Å². The molecular weight excluding hydrogens is 292 g/mol. The van der Waals surface area contributed by atoms with Crippen LogP contribution in [0.1, 0.15) is 39.0 Å². The van der Waals surface area contributed by atoms with Crippen LogP contribution in [-0.2, 0) is 19.0 Å². The summed E-state index contributed by atoms with van der Waals surface area (Å²) in [5.41, 5.74) is 0. The van der Waals surface area contributed by atoms with Crippen LogP contribution in [0.25, 0.3) is 0 Å². The Hall–Kier alpha value is -0.730. The van der Waals surface area contributed by atoms with Gasteiger partial charge in [0.15, 0.2) is 0 Å². The number of carboxylic acids is 1. The molecule has 0 rings (SSSR count). The van der Waals surface area contributed by atoms with Gasteiger partial charge in [-0.25, -0.2) is 0 Å². The molecule has 22 heavy (non-hydrogen) atoms. The van der Waals surface area contributed by atoms with E-state index in [0.717, 1.165) is 19.3 Å². The fourth-order valence-corrected chi connectivity index (χ4v) is 1.37. The Morgan fingerprint density at radius 3 is 1.59 bits per heavy atom. The summed E-state index contributed by atoms with van der Waals surface area (Å²) >= 11 is 0. The van der Waals surface area contributed by atoms with Crippen LogP contribution in [-0.4, -0.2) is 74.1 Å². The minimum Gasteiger partial charge on any atom is -0.481 e. The number of carboxylic acid groups (broad SMARTS) is 1. The molecular formula is C15H32O7. The second-order valence-corrected chi connectivity index (χ2v) is 4.49. The van der Waals surface area contributed by atoms with Crippen LogP contribution < -0.4 is 0 Å². The van der Waals surface area contributed by atoms with Gasteiger partial charge in [0.1, 0.15) is 0 Å². The number of hydrogen-bond acceptors (Lipinski definition) is 6. The third kappa shape index (κ3) is 27.6. The van der Waals surface area contributed by atoms with Crippen molar-refractivity contribution in [2.45, 2.75) is 39.0 Å². The molecule has 0 saturated heterocycles. The van der Waals surface area contributed by atoms with E-state index >= 15 is 0 Å². The van der Waals surface area contributed by atoms with Crippen LogP contribution >= 0.6 is 0 Å². The van der Waals surface area contributed by atoms with E-state index in [9.17, 15) is 4.79 Å². The molecule has 0 amide bonds. The standard InChI is InChI=1S/C8H18O5.C7H14O2/c9-1-3-11-5-7-13-8-6-12-4-2-10;1-2-3-4-5-6-7(8)9/h9-10H,1-8H2;2-6H2,1H3,(H,8,9). The van der Waals surface area contributed by atoms with Gasteiger partial charge in [-0.05, 0) is 6.42 Å². The Balaban J connectivity index is 0. The van der Waals surface area contributed by atoms with Crippen molar-refractivity contribution in [2.24, 2.45) is 0 Å². The van der Waals surface area contributed by atoms with Gasteiger partial charge in [-0.3, -0.25) is 4.79 Å². The van der Waals surface area contributed by atoms with Crippen molar-refractivity contribution >= 4 is 5.97 Å². The SMILES string of the molecule is CCCCCCC(=O)O.OCCOCCOCCOCCO. The lowest BCUT2D eigenvalue weighted by Gasteiger charge is -2.04. The molecule has 0 atom stereocenters. The Labute approximate surface area is 133 Å². The van der Waals surface area contributed by atoms with Crippen molar-refractivity contribution in [3.05, 3.63) is 0 Å². The topological polar surface area (TPSA) is 105 Å². The van der Waals surface area contributed by atoms with Crippen molar-refractivity contribution in [1.82, 2.24) is 0 Å². The highest BCUT2D eigenvalue weighted by atomic mass is 16.5. The van der Waals surface area contributed by atoms with Crippen molar-refractivity contribution < 1.29 is 34.3 Å². The third-order valence-corrected chi connectivity index (χ3v) is 2.46. The highest BCUT2D eigenvalue weighted by molar-refractivity contribution is 5.66. The molecule has 0 saturated carbocycles. The first-order valence-corrected chi connectivity index (χ1v) is 7.85. The number of rotatable bonds is 15. The number of carbonyl (C=O) groups is 1. The predicted octanol–water partition coefficient (Wildman–Crippen LogP) is 1.06. The zero-order valence-electron chi connectivity index (χ0n) is 13.7. The van der Waals surface area contributed by atoms with Crippen molar-refractivity contribution in [3.8, 4) is 0 Å². The molecule has 0 aliphatic heterocycles. The second-order valence-electron chi connectivity index (χ2n) is 4.49. The van der Waals surface area contributed by atoms with Crippen LogP contribution in [0.5, 0.6) is 0 Å². The normalized spacial score (nSPS) is 10.1. The highest BCUT2D eigenvalue weighted by Crippen LogP contribution is 2.01. The van der Waals surface area contributed by atoms with Gasteiger partial charge in [0.25, 0.3) is 0 Å². The van der Waals surface area contributed by atoms with E-state index in [1.54, 1.807) is 0 Å². The zero-order chi connectivity index (χ0) is 16.9. The van der Waals surface area contributed by atoms with E-state index in [4.69, 9.17) is 29.5 Å². The quantitative estimate of drug-likeness (QED) is 0.387. The molecule has 7 nitrogen and oxygen atoms in total. The van der Waals surface area contributed by atoms with E-state index in [2.05, 4.69) is 6.92 Å². The summed E-state index contributed by atoms with van der Waals surface area (Å²) in [5.74, 6) is -0.675. The fourth-order valence-electron chi connectivity index (χ4n) is 1.37. The maximum absolute atomic E-state index is 9.96.